The van der Waals surface area contributed by atoms with Crippen molar-refractivity contribution < 1.29 is 87.4 Å². The van der Waals surface area contributed by atoms with Gasteiger partial charge in [0.25, 0.3) is 0 Å². The second-order valence-corrected chi connectivity index (χ2v) is 55.1. The molecule has 0 amide bonds. The summed E-state index contributed by atoms with van der Waals surface area (Å²) in [7, 11) is 0. The van der Waals surface area contributed by atoms with Crippen molar-refractivity contribution in [2.75, 3.05) is 13.2 Å². The Morgan fingerprint density at radius 2 is 0.747 bits per heavy atom. The third-order valence-corrected chi connectivity index (χ3v) is 36.7. The molecule has 5 aromatic carbocycles. The first-order valence-corrected chi connectivity index (χ1v) is 59.4. The molecule has 12 bridgehead atoms. The van der Waals surface area contributed by atoms with Crippen LogP contribution in [0.4, 0.5) is 0 Å². The molecule has 0 aromatic heterocycles. The van der Waals surface area contributed by atoms with Crippen LogP contribution in [-0.4, -0.2) is 116 Å². The highest BCUT2D eigenvalue weighted by Crippen LogP contribution is 2.62. The zero-order valence-corrected chi connectivity index (χ0v) is 99.6. The largest absolute Gasteiger partial charge is 0.508 e. The van der Waals surface area contributed by atoms with Crippen LogP contribution in [0.3, 0.4) is 0 Å². The number of rotatable bonds is 31. The van der Waals surface area contributed by atoms with Crippen LogP contribution in [-0.2, 0) is 68.3 Å². The van der Waals surface area contributed by atoms with Crippen molar-refractivity contribution in [1.82, 2.24) is 0 Å². The molecule has 18 atom stereocenters. The van der Waals surface area contributed by atoms with E-state index < -0.39 is 38.3 Å². The van der Waals surface area contributed by atoms with Gasteiger partial charge in [-0.1, -0.05) is 250 Å². The van der Waals surface area contributed by atoms with E-state index in [2.05, 4.69) is 165 Å². The van der Waals surface area contributed by atoms with Crippen molar-refractivity contribution in [3.8, 4) is 17.2 Å². The first-order chi connectivity index (χ1) is 70.1. The fourth-order valence-electron chi connectivity index (χ4n) is 24.9. The molecule has 0 radical (unpaired) electrons. The summed E-state index contributed by atoms with van der Waals surface area (Å²) in [5.41, 5.74) is 3.10. The summed E-state index contributed by atoms with van der Waals surface area (Å²) in [6, 6.07) is 35.7. The van der Waals surface area contributed by atoms with Gasteiger partial charge in [-0.15, -0.1) is 0 Å². The highest BCUT2D eigenvalue weighted by atomic mass is 16.7. The Balaban J connectivity index is 0.000000189. The maximum atomic E-state index is 12.5. The zero-order valence-electron chi connectivity index (χ0n) is 99.6. The van der Waals surface area contributed by atoms with Crippen LogP contribution in [0, 0.1) is 109 Å². The van der Waals surface area contributed by atoms with Gasteiger partial charge in [0.1, 0.15) is 28.5 Å². The molecule has 0 aliphatic heterocycles. The number of hydrogen-bond donors (Lipinski definition) is 5. The molecule has 5 aromatic rings. The lowest BCUT2D eigenvalue weighted by molar-refractivity contribution is -0.226. The highest BCUT2D eigenvalue weighted by Gasteiger charge is 2.62. The molecule has 18 heteroatoms. The normalized spacial score (nSPS) is 27.8. The number of fused-ring (bicyclic) bond motifs is 6. The van der Waals surface area contributed by atoms with Crippen LogP contribution >= 0.6 is 0 Å². The summed E-state index contributed by atoms with van der Waals surface area (Å²) in [6.07, 6.45) is 36.0. The minimum atomic E-state index is -0.555. The monoisotopic (exact) mass is 2080 g/mol. The number of aliphatic hydroxyl groups is 2. The summed E-state index contributed by atoms with van der Waals surface area (Å²) in [6.45, 7) is 65.9. The number of esters is 5. The molecule has 18 unspecified atom stereocenters. The Morgan fingerprint density at radius 1 is 0.380 bits per heavy atom. The predicted octanol–water partition coefficient (Wildman–Crippen LogP) is 33.2. The van der Waals surface area contributed by atoms with E-state index in [-0.39, 0.29) is 76.9 Å². The lowest BCUT2D eigenvalue weighted by atomic mass is 9.52. The van der Waals surface area contributed by atoms with Crippen molar-refractivity contribution in [2.45, 2.75) is 510 Å². The number of benzene rings is 5. The molecule has 150 heavy (non-hydrogen) atoms. The van der Waals surface area contributed by atoms with Gasteiger partial charge in [0.15, 0.2) is 0 Å². The average Bonchev–Trinajstić information content (AvgIpc) is 1.15. The molecule has 19 rings (SSSR count). The molecule has 0 spiro atoms. The minimum Gasteiger partial charge on any atom is -0.508 e. The third kappa shape index (κ3) is 37.0. The highest BCUT2D eigenvalue weighted by molar-refractivity contribution is 5.85. The minimum absolute atomic E-state index is 0.0828. The molecule has 846 valence electrons. The van der Waals surface area contributed by atoms with Crippen molar-refractivity contribution in [1.29, 1.82) is 0 Å². The van der Waals surface area contributed by atoms with Crippen molar-refractivity contribution >= 4 is 40.6 Å². The van der Waals surface area contributed by atoms with Gasteiger partial charge in [0.05, 0.1) is 57.6 Å². The Labute approximate surface area is 909 Å². The summed E-state index contributed by atoms with van der Waals surface area (Å²) >= 11 is 0. The topological polar surface area (TPSA) is 260 Å². The van der Waals surface area contributed by atoms with E-state index in [9.17, 15) is 44.4 Å². The smallest absolute Gasteiger partial charge is 0.313 e. The van der Waals surface area contributed by atoms with Crippen LogP contribution in [0.1, 0.15) is 484 Å². The first-order valence-electron chi connectivity index (χ1n) is 59.4. The molecule has 13 fully saturated rings. The summed E-state index contributed by atoms with van der Waals surface area (Å²) in [5, 5.41) is 51.2. The zero-order chi connectivity index (χ0) is 111. The summed E-state index contributed by atoms with van der Waals surface area (Å²) in [5.74, 6) is 10.4. The molecule has 18 nitrogen and oxygen atoms in total. The van der Waals surface area contributed by atoms with Gasteiger partial charge in [-0.05, 0) is 411 Å². The fourth-order valence-corrected chi connectivity index (χ4v) is 24.9. The average molecular weight is 2090 g/mol. The van der Waals surface area contributed by atoms with Crippen LogP contribution in [0.5, 0.6) is 17.2 Å². The second kappa shape index (κ2) is 54.7. The van der Waals surface area contributed by atoms with Gasteiger partial charge in [-0.25, -0.2) is 0 Å². The standard InChI is InChI=1S/2C19H34O3.C17H32O3.2C16H26O3.C14H16O.C11H14O.C10H14O.C10H14/c2*1-7-19(5,6)17(20)22-16(21-12-18(2,3)4)15-11-13-8-9-14(15)10-13;1-6-17(4,5)16(18)20-15(12-13(2)3)19-14-10-8-7-9-11-14;2*1-4-14(2,3)13(17)19-16-8-11-5-12(9-16)7-15(18,6-11)10-16;1-3-10(2)11-4-5-13-9-14(15)7-6-12(13)8-11;1-7-5-9-6-10(12)3-4-11(9)8(7)2;1-3-8(2)9-4-6-10(11)7-5-9;1-3-9(2)10-7-5-4-6-8-10/h2*13-16H,7-12H2,1-6H3;13-15H,6-12H2,1-5H3;2*11-12,18H,4-10H2,1-3H3;4-10,15H,3H2,1-2H3;3-4,6-8,12H,5H2,1-2H3;4-8,11H,3H2,1-2H3;4-9H,3H2,1-2H3. The molecular formula is C132H210O18. The van der Waals surface area contributed by atoms with Gasteiger partial charge in [-0.3, -0.25) is 24.0 Å². The van der Waals surface area contributed by atoms with E-state index in [0.717, 1.165) is 145 Å². The molecular weight excluding hydrogens is 1870 g/mol. The lowest BCUT2D eigenvalue weighted by Gasteiger charge is -2.59. The maximum Gasteiger partial charge on any atom is 0.313 e. The maximum absolute atomic E-state index is 12.5. The Hall–Kier alpha value is -7.09. The second-order valence-electron chi connectivity index (χ2n) is 55.1. The van der Waals surface area contributed by atoms with Gasteiger partial charge in [0.2, 0.25) is 18.9 Å². The molecule has 0 heterocycles. The summed E-state index contributed by atoms with van der Waals surface area (Å²) < 4.78 is 47.6. The number of phenols is 3. The number of ether oxygens (including phenoxy) is 8. The summed E-state index contributed by atoms with van der Waals surface area (Å²) in [4.78, 5) is 62.0. The predicted molar refractivity (Wildman–Crippen MR) is 609 cm³/mol. The van der Waals surface area contributed by atoms with Crippen LogP contribution in [0.15, 0.2) is 109 Å². The number of aromatic hydroxyl groups is 3. The Bertz CT molecular complexity index is 4800. The van der Waals surface area contributed by atoms with Crippen molar-refractivity contribution in [3.63, 3.8) is 0 Å². The van der Waals surface area contributed by atoms with Crippen LogP contribution in [0.25, 0.3) is 10.8 Å². The van der Waals surface area contributed by atoms with Crippen molar-refractivity contribution in [3.05, 3.63) is 137 Å². The van der Waals surface area contributed by atoms with Gasteiger partial charge < -0.3 is 63.4 Å². The molecule has 5 N–H and O–H groups in total. The fraction of sp³-hybridized carbons (Fsp3) is 0.750. The lowest BCUT2D eigenvalue weighted by Crippen LogP contribution is -2.61. The molecule has 14 aliphatic rings. The van der Waals surface area contributed by atoms with E-state index in [0.29, 0.717) is 120 Å². The Kier molecular flexibility index (Phi) is 46.1. The van der Waals surface area contributed by atoms with E-state index in [1.807, 2.05) is 128 Å². The van der Waals surface area contributed by atoms with Crippen LogP contribution < -0.4 is 0 Å². The van der Waals surface area contributed by atoms with Crippen molar-refractivity contribution in [2.24, 2.45) is 109 Å². The van der Waals surface area contributed by atoms with E-state index in [4.69, 9.17) is 43.0 Å². The number of carbonyl (C=O) groups is 5. The van der Waals surface area contributed by atoms with Gasteiger partial charge >= 0.3 is 29.8 Å². The Morgan fingerprint density at radius 3 is 1.13 bits per heavy atom. The SMILES string of the molecule is CC1Cc2cc(O)ccc2C1C.CCC(C)(C)C(=O)OC(CC(C)C)OC1CCCCC1.CCC(C)(C)C(=O)OC(OCC(C)(C)C)C1CC2CCC1C2.CCC(C)(C)C(=O)OC(OCC(C)(C)C)C1CC2CCC1C2.CCC(C)(C)C(=O)OC12CC3CC(CC(O)(C3)C1)C2.CCC(C)(C)C(=O)OC12CC3CC(CC(O)(C3)C1)C2.CCC(C)c1ccc(O)cc1.CCC(C)c1ccc2cc(O)ccc2c1.CCC(C)c1ccccc1. The van der Waals surface area contributed by atoms with Gasteiger partial charge in [-0.2, -0.15) is 0 Å². The van der Waals surface area contributed by atoms with Crippen LogP contribution in [0.2, 0.25) is 0 Å². The van der Waals surface area contributed by atoms with E-state index in [1.54, 1.807) is 30.3 Å². The quantitative estimate of drug-likeness (QED) is 0.0157. The van der Waals surface area contributed by atoms with E-state index >= 15 is 0 Å². The first kappa shape index (κ1) is 126. The van der Waals surface area contributed by atoms with Gasteiger partial charge in [0, 0.05) is 31.1 Å². The van der Waals surface area contributed by atoms with E-state index in [1.165, 1.54) is 123 Å². The molecule has 14 aliphatic carbocycles. The number of carbonyl (C=O) groups excluding carboxylic acids is 5. The third-order valence-electron chi connectivity index (χ3n) is 36.7. The molecule has 0 saturated heterocycles. The molecule has 13 saturated carbocycles. The number of phenolic OH excluding ortho intramolecular Hbond substituents is 3. The number of hydrogen-bond acceptors (Lipinski definition) is 18.